The highest BCUT2D eigenvalue weighted by Crippen LogP contribution is 2.24. The minimum absolute atomic E-state index is 0.0411. The first-order chi connectivity index (χ1) is 16.6. The molecule has 0 aromatic carbocycles. The molecule has 1 atom stereocenters. The minimum Gasteiger partial charge on any atom is -0.349 e. The standard InChI is InChI=1S/C22H28ClN7O4S/c1-29(2)18(31)7-5-14(11-25-19(32)20(33)28-17-6-4-13(23)10-24-17)26-21(34)22-27-15-12-30(3)9-8-16(15)35-22/h4,6,10,14H,5,7-9,11-12H2,1-3H3,(H,25,32)(H,26,34)(H,24,28,33)/t14-/m1/s1. The van der Waals surface area contributed by atoms with Gasteiger partial charge >= 0.3 is 11.8 Å². The summed E-state index contributed by atoms with van der Waals surface area (Å²) in [5, 5.41) is 8.47. The minimum atomic E-state index is -0.911. The normalized spacial score (nSPS) is 13.9. The molecule has 1 aliphatic rings. The Morgan fingerprint density at radius 1 is 1.23 bits per heavy atom. The first-order valence-electron chi connectivity index (χ1n) is 11.0. The molecular weight excluding hydrogens is 494 g/mol. The highest BCUT2D eigenvalue weighted by Gasteiger charge is 2.24. The van der Waals surface area contributed by atoms with Crippen molar-refractivity contribution in [2.45, 2.75) is 31.8 Å². The van der Waals surface area contributed by atoms with E-state index in [1.54, 1.807) is 14.1 Å². The number of fused-ring (bicyclic) bond motifs is 1. The lowest BCUT2D eigenvalue weighted by atomic mass is 10.1. The van der Waals surface area contributed by atoms with Crippen LogP contribution in [0.15, 0.2) is 18.3 Å². The smallest absolute Gasteiger partial charge is 0.314 e. The Hall–Kier alpha value is -3.09. The zero-order valence-electron chi connectivity index (χ0n) is 19.8. The number of anilines is 1. The number of amides is 4. The first kappa shape index (κ1) is 26.5. The Bertz CT molecular complexity index is 1090. The summed E-state index contributed by atoms with van der Waals surface area (Å²) in [5.74, 6) is -2.12. The second kappa shape index (κ2) is 12.0. The molecule has 0 saturated heterocycles. The molecule has 4 amide bonds. The number of rotatable bonds is 8. The van der Waals surface area contributed by atoms with Crippen LogP contribution in [-0.2, 0) is 27.3 Å². The molecule has 3 N–H and O–H groups in total. The number of aromatic nitrogens is 2. The maximum absolute atomic E-state index is 12.9. The molecule has 188 valence electrons. The van der Waals surface area contributed by atoms with Gasteiger partial charge in [-0.1, -0.05) is 11.6 Å². The zero-order valence-corrected chi connectivity index (χ0v) is 21.3. The summed E-state index contributed by atoms with van der Waals surface area (Å²) in [7, 11) is 5.29. The van der Waals surface area contributed by atoms with Gasteiger partial charge in [0.1, 0.15) is 5.82 Å². The van der Waals surface area contributed by atoms with Crippen LogP contribution in [0.3, 0.4) is 0 Å². The molecule has 1 aliphatic heterocycles. The number of thiazole rings is 1. The molecule has 35 heavy (non-hydrogen) atoms. The predicted molar refractivity (Wildman–Crippen MR) is 132 cm³/mol. The van der Waals surface area contributed by atoms with E-state index >= 15 is 0 Å². The molecule has 3 rings (SSSR count). The van der Waals surface area contributed by atoms with E-state index in [1.807, 2.05) is 7.05 Å². The Morgan fingerprint density at radius 3 is 2.69 bits per heavy atom. The number of carbonyl (C=O) groups excluding carboxylic acids is 4. The van der Waals surface area contributed by atoms with E-state index in [9.17, 15) is 19.2 Å². The van der Waals surface area contributed by atoms with Gasteiger partial charge in [-0.2, -0.15) is 0 Å². The second-order valence-electron chi connectivity index (χ2n) is 8.40. The van der Waals surface area contributed by atoms with Crippen LogP contribution in [0.5, 0.6) is 0 Å². The van der Waals surface area contributed by atoms with Gasteiger partial charge in [0.15, 0.2) is 5.01 Å². The van der Waals surface area contributed by atoms with Crippen molar-refractivity contribution in [2.75, 3.05) is 39.5 Å². The van der Waals surface area contributed by atoms with E-state index in [1.165, 1.54) is 34.6 Å². The van der Waals surface area contributed by atoms with Gasteiger partial charge in [0.25, 0.3) is 5.91 Å². The van der Waals surface area contributed by atoms with Crippen molar-refractivity contribution in [1.29, 1.82) is 0 Å². The van der Waals surface area contributed by atoms with Crippen molar-refractivity contribution in [3.63, 3.8) is 0 Å². The molecule has 13 heteroatoms. The average molecular weight is 522 g/mol. The van der Waals surface area contributed by atoms with Gasteiger partial charge in [0.05, 0.1) is 10.7 Å². The van der Waals surface area contributed by atoms with E-state index in [0.29, 0.717) is 16.6 Å². The van der Waals surface area contributed by atoms with Crippen LogP contribution in [0.2, 0.25) is 5.02 Å². The lowest BCUT2D eigenvalue weighted by molar-refractivity contribution is -0.136. The topological polar surface area (TPSA) is 137 Å². The van der Waals surface area contributed by atoms with Crippen molar-refractivity contribution >= 4 is 52.4 Å². The van der Waals surface area contributed by atoms with Gasteiger partial charge in [-0.05, 0) is 32.0 Å². The van der Waals surface area contributed by atoms with Gasteiger partial charge in [-0.15, -0.1) is 11.3 Å². The molecule has 0 fully saturated rings. The van der Waals surface area contributed by atoms with Crippen LogP contribution >= 0.6 is 22.9 Å². The van der Waals surface area contributed by atoms with Crippen molar-refractivity contribution in [3.8, 4) is 0 Å². The van der Waals surface area contributed by atoms with Crippen LogP contribution in [-0.4, -0.2) is 83.7 Å². The monoisotopic (exact) mass is 521 g/mol. The van der Waals surface area contributed by atoms with Crippen molar-refractivity contribution < 1.29 is 19.2 Å². The molecule has 0 radical (unpaired) electrons. The summed E-state index contributed by atoms with van der Waals surface area (Å²) in [4.78, 5) is 62.5. The number of pyridine rings is 1. The van der Waals surface area contributed by atoms with Crippen LogP contribution in [0.1, 0.15) is 33.2 Å². The van der Waals surface area contributed by atoms with E-state index in [4.69, 9.17) is 11.6 Å². The third-order valence-corrected chi connectivity index (χ3v) is 6.72. The maximum atomic E-state index is 12.9. The maximum Gasteiger partial charge on any atom is 0.314 e. The lowest BCUT2D eigenvalue weighted by Gasteiger charge is -2.20. The molecule has 0 saturated carbocycles. The van der Waals surface area contributed by atoms with Crippen LogP contribution < -0.4 is 16.0 Å². The Labute approximate surface area is 212 Å². The van der Waals surface area contributed by atoms with Crippen molar-refractivity contribution in [2.24, 2.45) is 0 Å². The number of halogens is 1. The molecule has 0 bridgehead atoms. The molecule has 0 unspecified atom stereocenters. The summed E-state index contributed by atoms with van der Waals surface area (Å²) >= 11 is 7.12. The Balaban J connectivity index is 1.61. The molecule has 3 heterocycles. The van der Waals surface area contributed by atoms with Gasteiger partial charge < -0.3 is 25.8 Å². The fourth-order valence-electron chi connectivity index (χ4n) is 3.34. The Morgan fingerprint density at radius 2 is 2.00 bits per heavy atom. The van der Waals surface area contributed by atoms with Gasteiger partial charge in [-0.3, -0.25) is 19.2 Å². The van der Waals surface area contributed by atoms with E-state index in [0.717, 1.165) is 23.5 Å². The summed E-state index contributed by atoms with van der Waals surface area (Å²) in [5.41, 5.74) is 0.897. The van der Waals surface area contributed by atoms with E-state index in [-0.39, 0.29) is 37.0 Å². The highest BCUT2D eigenvalue weighted by atomic mass is 35.5. The van der Waals surface area contributed by atoms with Gasteiger partial charge in [0.2, 0.25) is 5.91 Å². The van der Waals surface area contributed by atoms with Crippen LogP contribution in [0.4, 0.5) is 5.82 Å². The lowest BCUT2D eigenvalue weighted by Crippen LogP contribution is -2.46. The number of hydrogen-bond acceptors (Lipinski definition) is 8. The Kier molecular flexibility index (Phi) is 9.13. The van der Waals surface area contributed by atoms with Crippen LogP contribution in [0.25, 0.3) is 0 Å². The highest BCUT2D eigenvalue weighted by molar-refractivity contribution is 7.13. The van der Waals surface area contributed by atoms with Gasteiger partial charge in [-0.25, -0.2) is 9.97 Å². The summed E-state index contributed by atoms with van der Waals surface area (Å²) in [6.07, 6.45) is 2.62. The fourth-order valence-corrected chi connectivity index (χ4v) is 4.41. The van der Waals surface area contributed by atoms with Gasteiger partial charge in [0, 0.05) is 57.3 Å². The summed E-state index contributed by atoms with van der Waals surface area (Å²) < 4.78 is 0. The first-order valence-corrected chi connectivity index (χ1v) is 12.2. The zero-order chi connectivity index (χ0) is 25.5. The number of carbonyl (C=O) groups is 4. The summed E-state index contributed by atoms with van der Waals surface area (Å²) in [6, 6.07) is 2.42. The summed E-state index contributed by atoms with van der Waals surface area (Å²) in [6.45, 7) is 1.55. The number of likely N-dealkylation sites (N-methyl/N-ethyl adjacent to an activating group) is 1. The molecule has 0 aliphatic carbocycles. The van der Waals surface area contributed by atoms with E-state index < -0.39 is 17.9 Å². The van der Waals surface area contributed by atoms with Crippen LogP contribution in [0, 0.1) is 0 Å². The largest absolute Gasteiger partial charge is 0.349 e. The third kappa shape index (κ3) is 7.70. The van der Waals surface area contributed by atoms with Crippen molar-refractivity contribution in [1.82, 2.24) is 30.4 Å². The fraction of sp³-hybridized carbons (Fsp3) is 0.455. The molecular formula is C22H28ClN7O4S. The quantitative estimate of drug-likeness (QED) is 0.439. The van der Waals surface area contributed by atoms with Crippen molar-refractivity contribution in [3.05, 3.63) is 38.9 Å². The molecule has 0 spiro atoms. The predicted octanol–water partition coefficient (Wildman–Crippen LogP) is 0.901. The second-order valence-corrected chi connectivity index (χ2v) is 9.92. The number of nitrogens with one attached hydrogen (secondary N) is 3. The molecule has 2 aromatic rings. The molecule has 11 nitrogen and oxygen atoms in total. The average Bonchev–Trinajstić information content (AvgIpc) is 3.25. The number of hydrogen-bond donors (Lipinski definition) is 3. The third-order valence-electron chi connectivity index (χ3n) is 5.34. The van der Waals surface area contributed by atoms with E-state index in [2.05, 4.69) is 30.8 Å². The SMILES string of the molecule is CN1CCc2sc(C(=O)N[C@H](CCC(=O)N(C)C)CNC(=O)C(=O)Nc3ccc(Cl)cn3)nc2C1. The number of nitrogens with zero attached hydrogens (tertiary/aromatic N) is 4. The molecule has 2 aromatic heterocycles.